The smallest absolute Gasteiger partial charge is 0.138 e. The van der Waals surface area contributed by atoms with Crippen molar-refractivity contribution in [3.05, 3.63) is 27.2 Å². The number of methoxy groups -OCH3 is 1. The zero-order chi connectivity index (χ0) is 9.14. The maximum absolute atomic E-state index is 5.88. The molecule has 0 saturated heterocycles. The molecule has 0 amide bonds. The van der Waals surface area contributed by atoms with Gasteiger partial charge in [0.15, 0.2) is 0 Å². The van der Waals surface area contributed by atoms with Crippen LogP contribution in [0.3, 0.4) is 0 Å². The van der Waals surface area contributed by atoms with Gasteiger partial charge in [-0.3, -0.25) is 0 Å². The van der Waals surface area contributed by atoms with Gasteiger partial charge in [0.05, 0.1) is 16.6 Å². The lowest BCUT2D eigenvalue weighted by Crippen LogP contribution is -1.90. The number of ether oxygens (including phenoxy) is 1. The topological polar surface area (TPSA) is 9.23 Å². The Bertz CT molecular complexity index is 289. The number of halogens is 3. The summed E-state index contributed by atoms with van der Waals surface area (Å²) < 4.78 is 6.00. The molecule has 1 aromatic rings. The van der Waals surface area contributed by atoms with Crippen molar-refractivity contribution in [3.8, 4) is 5.75 Å². The Balaban J connectivity index is 3.25. The fourth-order valence-electron chi connectivity index (χ4n) is 0.898. The Kier molecular flexibility index (Phi) is 3.87. The van der Waals surface area contributed by atoms with E-state index in [1.54, 1.807) is 7.11 Å². The fraction of sp³-hybridized carbons (Fsp3) is 0.250. The Morgan fingerprint density at radius 2 is 2.17 bits per heavy atom. The molecule has 0 aromatic heterocycles. The van der Waals surface area contributed by atoms with Crippen molar-refractivity contribution in [2.45, 2.75) is 5.33 Å². The lowest BCUT2D eigenvalue weighted by atomic mass is 10.2. The molecule has 0 saturated carbocycles. The number of alkyl halides is 1. The number of benzene rings is 1. The van der Waals surface area contributed by atoms with Crippen LogP contribution in [0.25, 0.3) is 0 Å². The first-order chi connectivity index (χ1) is 5.70. The second-order valence-electron chi connectivity index (χ2n) is 2.19. The average Bonchev–Trinajstić information content (AvgIpc) is 2.09. The van der Waals surface area contributed by atoms with Crippen molar-refractivity contribution >= 4 is 43.5 Å². The summed E-state index contributed by atoms with van der Waals surface area (Å²) >= 11 is 12.6. The molecule has 0 atom stereocenters. The van der Waals surface area contributed by atoms with Crippen LogP contribution in [0.5, 0.6) is 5.75 Å². The Hall–Kier alpha value is 0.270. The number of rotatable bonds is 2. The molecule has 0 heterocycles. The molecule has 1 rings (SSSR count). The third-order valence-electron chi connectivity index (χ3n) is 1.48. The predicted octanol–water partition coefficient (Wildman–Crippen LogP) is 4.01. The molecule has 0 spiro atoms. The molecule has 0 bridgehead atoms. The van der Waals surface area contributed by atoms with E-state index in [2.05, 4.69) is 31.9 Å². The molecule has 66 valence electrons. The van der Waals surface area contributed by atoms with E-state index in [1.807, 2.05) is 12.1 Å². The Morgan fingerprint density at radius 3 is 2.67 bits per heavy atom. The number of hydrogen-bond acceptors (Lipinski definition) is 1. The van der Waals surface area contributed by atoms with Crippen LogP contribution in [-0.2, 0) is 5.33 Å². The van der Waals surface area contributed by atoms with E-state index in [1.165, 1.54) is 0 Å². The zero-order valence-electron chi connectivity index (χ0n) is 6.40. The normalized spacial score (nSPS) is 10.0. The molecular weight excluding hydrogens is 307 g/mol. The Morgan fingerprint density at radius 1 is 1.50 bits per heavy atom. The molecule has 0 N–H and O–H groups in total. The summed E-state index contributed by atoms with van der Waals surface area (Å²) in [5, 5.41) is 1.42. The van der Waals surface area contributed by atoms with Gasteiger partial charge in [0.25, 0.3) is 0 Å². The first-order valence-corrected chi connectivity index (χ1v) is 5.56. The zero-order valence-corrected chi connectivity index (χ0v) is 10.3. The fourth-order valence-corrected chi connectivity index (χ4v) is 2.04. The van der Waals surface area contributed by atoms with E-state index >= 15 is 0 Å². The molecule has 0 fully saturated rings. The molecule has 1 aromatic carbocycles. The van der Waals surface area contributed by atoms with Gasteiger partial charge in [-0.25, -0.2) is 0 Å². The van der Waals surface area contributed by atoms with Crippen LogP contribution in [0, 0.1) is 0 Å². The van der Waals surface area contributed by atoms with Gasteiger partial charge < -0.3 is 4.74 Å². The van der Waals surface area contributed by atoms with E-state index < -0.39 is 0 Å². The maximum atomic E-state index is 5.88. The molecule has 4 heteroatoms. The SMILES string of the molecule is COc1c(CBr)ccc(Cl)c1Br. The monoisotopic (exact) mass is 312 g/mol. The summed E-state index contributed by atoms with van der Waals surface area (Å²) in [5.74, 6) is 0.791. The van der Waals surface area contributed by atoms with Crippen LogP contribution in [-0.4, -0.2) is 7.11 Å². The molecule has 0 radical (unpaired) electrons. The average molecular weight is 314 g/mol. The molecular formula is C8H7Br2ClO. The largest absolute Gasteiger partial charge is 0.495 e. The van der Waals surface area contributed by atoms with Crippen LogP contribution in [0.1, 0.15) is 5.56 Å². The van der Waals surface area contributed by atoms with Gasteiger partial charge in [0.1, 0.15) is 5.75 Å². The quantitative estimate of drug-likeness (QED) is 0.750. The van der Waals surface area contributed by atoms with Crippen molar-refractivity contribution < 1.29 is 4.74 Å². The van der Waals surface area contributed by atoms with E-state index in [9.17, 15) is 0 Å². The van der Waals surface area contributed by atoms with Crippen molar-refractivity contribution in [2.75, 3.05) is 7.11 Å². The van der Waals surface area contributed by atoms with Crippen LogP contribution in [0.15, 0.2) is 16.6 Å². The van der Waals surface area contributed by atoms with Gasteiger partial charge in [0, 0.05) is 10.9 Å². The molecule has 0 aliphatic carbocycles. The Labute approximate surface area is 93.3 Å². The van der Waals surface area contributed by atoms with Gasteiger partial charge in [-0.15, -0.1) is 0 Å². The molecule has 0 aliphatic rings. The predicted molar refractivity (Wildman–Crippen MR) is 58.3 cm³/mol. The highest BCUT2D eigenvalue weighted by atomic mass is 79.9. The van der Waals surface area contributed by atoms with Crippen LogP contribution in [0.4, 0.5) is 0 Å². The van der Waals surface area contributed by atoms with E-state index in [0.717, 1.165) is 21.1 Å². The first kappa shape index (κ1) is 10.4. The minimum absolute atomic E-state index is 0.663. The van der Waals surface area contributed by atoms with Gasteiger partial charge in [0.2, 0.25) is 0 Å². The van der Waals surface area contributed by atoms with Crippen molar-refractivity contribution in [3.63, 3.8) is 0 Å². The summed E-state index contributed by atoms with van der Waals surface area (Å²) in [6.07, 6.45) is 0. The summed E-state index contributed by atoms with van der Waals surface area (Å²) in [7, 11) is 1.63. The molecule has 0 unspecified atom stereocenters. The highest BCUT2D eigenvalue weighted by Gasteiger charge is 2.09. The van der Waals surface area contributed by atoms with Crippen LogP contribution < -0.4 is 4.74 Å². The minimum atomic E-state index is 0.663. The summed E-state index contributed by atoms with van der Waals surface area (Å²) in [6, 6.07) is 3.77. The highest BCUT2D eigenvalue weighted by Crippen LogP contribution is 2.36. The lowest BCUT2D eigenvalue weighted by molar-refractivity contribution is 0.409. The highest BCUT2D eigenvalue weighted by molar-refractivity contribution is 9.10. The van der Waals surface area contributed by atoms with Crippen molar-refractivity contribution in [1.82, 2.24) is 0 Å². The van der Waals surface area contributed by atoms with E-state index in [-0.39, 0.29) is 0 Å². The van der Waals surface area contributed by atoms with Gasteiger partial charge in [-0.2, -0.15) is 0 Å². The first-order valence-electron chi connectivity index (χ1n) is 3.27. The lowest BCUT2D eigenvalue weighted by Gasteiger charge is -2.08. The minimum Gasteiger partial charge on any atom is -0.495 e. The molecule has 1 nitrogen and oxygen atoms in total. The van der Waals surface area contributed by atoms with Crippen molar-refractivity contribution in [2.24, 2.45) is 0 Å². The third kappa shape index (κ3) is 1.95. The van der Waals surface area contributed by atoms with E-state index in [0.29, 0.717) is 5.02 Å². The van der Waals surface area contributed by atoms with Gasteiger partial charge in [-0.05, 0) is 22.0 Å². The molecule has 0 aliphatic heterocycles. The molecule has 12 heavy (non-hydrogen) atoms. The van der Waals surface area contributed by atoms with Gasteiger partial charge in [-0.1, -0.05) is 33.6 Å². The summed E-state index contributed by atoms with van der Waals surface area (Å²) in [4.78, 5) is 0. The number of hydrogen-bond donors (Lipinski definition) is 0. The summed E-state index contributed by atoms with van der Waals surface area (Å²) in [6.45, 7) is 0. The van der Waals surface area contributed by atoms with E-state index in [4.69, 9.17) is 16.3 Å². The van der Waals surface area contributed by atoms with Crippen LogP contribution in [0.2, 0.25) is 5.02 Å². The second-order valence-corrected chi connectivity index (χ2v) is 3.95. The van der Waals surface area contributed by atoms with Gasteiger partial charge >= 0.3 is 0 Å². The standard InChI is InChI=1S/C8H7Br2ClO/c1-12-8-5(4-9)2-3-6(11)7(8)10/h2-3H,4H2,1H3. The van der Waals surface area contributed by atoms with Crippen LogP contribution >= 0.6 is 43.5 Å². The second kappa shape index (κ2) is 4.49. The summed E-state index contributed by atoms with van der Waals surface area (Å²) in [5.41, 5.74) is 1.08. The van der Waals surface area contributed by atoms with Crippen molar-refractivity contribution in [1.29, 1.82) is 0 Å². The third-order valence-corrected chi connectivity index (χ3v) is 3.41. The maximum Gasteiger partial charge on any atom is 0.138 e.